The molecular formula is C16H16N2O4. The summed E-state index contributed by atoms with van der Waals surface area (Å²) in [5, 5.41) is 6.35. The van der Waals surface area contributed by atoms with Crippen LogP contribution in [0, 0.1) is 6.92 Å². The van der Waals surface area contributed by atoms with Crippen LogP contribution in [0.1, 0.15) is 28.7 Å². The molecule has 1 aromatic carbocycles. The third kappa shape index (κ3) is 4.31. The van der Waals surface area contributed by atoms with Gasteiger partial charge in [0.05, 0.1) is 6.61 Å². The molecule has 0 aliphatic carbocycles. The van der Waals surface area contributed by atoms with E-state index in [1.807, 2.05) is 0 Å². The molecule has 6 nitrogen and oxygen atoms in total. The number of nitrogens with zero attached hydrogens (tertiary/aromatic N) is 1. The lowest BCUT2D eigenvalue weighted by molar-refractivity contribution is -0.137. The molecule has 0 saturated carbocycles. The minimum atomic E-state index is -0.388. The maximum atomic E-state index is 11.9. The van der Waals surface area contributed by atoms with E-state index in [1.165, 1.54) is 6.08 Å². The van der Waals surface area contributed by atoms with Crippen molar-refractivity contribution in [3.8, 4) is 0 Å². The SMILES string of the molecule is CCOC(=O)C=Cc1ccc(NC(=O)c2cc(C)on2)cc1. The number of aryl methyl sites for hydroxylation is 1. The number of anilines is 1. The van der Waals surface area contributed by atoms with Crippen molar-refractivity contribution in [3.05, 3.63) is 53.4 Å². The minimum Gasteiger partial charge on any atom is -0.463 e. The van der Waals surface area contributed by atoms with Gasteiger partial charge in [-0.05, 0) is 37.6 Å². The molecule has 0 saturated heterocycles. The monoisotopic (exact) mass is 300 g/mol. The molecule has 0 atom stereocenters. The average molecular weight is 300 g/mol. The molecule has 2 rings (SSSR count). The first-order valence-electron chi connectivity index (χ1n) is 6.78. The Hall–Kier alpha value is -2.89. The predicted molar refractivity (Wildman–Crippen MR) is 81.3 cm³/mol. The molecule has 0 radical (unpaired) electrons. The summed E-state index contributed by atoms with van der Waals surface area (Å²) < 4.78 is 9.65. The summed E-state index contributed by atoms with van der Waals surface area (Å²) in [6, 6.07) is 8.58. The molecule has 0 bridgehead atoms. The molecule has 1 amide bonds. The number of carbonyl (C=O) groups is 2. The fourth-order valence-electron chi connectivity index (χ4n) is 1.70. The van der Waals surface area contributed by atoms with Crippen molar-refractivity contribution in [2.45, 2.75) is 13.8 Å². The molecule has 22 heavy (non-hydrogen) atoms. The zero-order chi connectivity index (χ0) is 15.9. The number of benzene rings is 1. The second kappa shape index (κ2) is 7.21. The van der Waals surface area contributed by atoms with Gasteiger partial charge in [0.15, 0.2) is 5.69 Å². The Morgan fingerprint density at radius 2 is 2.05 bits per heavy atom. The number of hydrogen-bond donors (Lipinski definition) is 1. The van der Waals surface area contributed by atoms with Gasteiger partial charge in [-0.3, -0.25) is 4.79 Å². The van der Waals surface area contributed by atoms with Crippen LogP contribution in [-0.4, -0.2) is 23.6 Å². The Morgan fingerprint density at radius 1 is 1.32 bits per heavy atom. The number of esters is 1. The topological polar surface area (TPSA) is 81.4 Å². The molecular weight excluding hydrogens is 284 g/mol. The molecule has 0 fully saturated rings. The first-order valence-corrected chi connectivity index (χ1v) is 6.78. The molecule has 1 N–H and O–H groups in total. The van der Waals surface area contributed by atoms with Gasteiger partial charge in [0.2, 0.25) is 0 Å². The van der Waals surface area contributed by atoms with E-state index in [9.17, 15) is 9.59 Å². The van der Waals surface area contributed by atoms with E-state index >= 15 is 0 Å². The first-order chi connectivity index (χ1) is 10.6. The Labute approximate surface area is 127 Å². The maximum absolute atomic E-state index is 11.9. The van der Waals surface area contributed by atoms with Crippen molar-refractivity contribution in [1.82, 2.24) is 5.16 Å². The van der Waals surface area contributed by atoms with Gasteiger partial charge in [0.1, 0.15) is 5.76 Å². The fourth-order valence-corrected chi connectivity index (χ4v) is 1.70. The average Bonchev–Trinajstić information content (AvgIpc) is 2.93. The van der Waals surface area contributed by atoms with Crippen LogP contribution < -0.4 is 5.32 Å². The fraction of sp³-hybridized carbons (Fsp3) is 0.188. The highest BCUT2D eigenvalue weighted by Crippen LogP contribution is 2.12. The number of carbonyl (C=O) groups excluding carboxylic acids is 2. The summed E-state index contributed by atoms with van der Waals surface area (Å²) in [7, 11) is 0. The molecule has 1 aromatic heterocycles. The summed E-state index contributed by atoms with van der Waals surface area (Å²) in [4.78, 5) is 23.1. The molecule has 114 valence electrons. The van der Waals surface area contributed by atoms with Gasteiger partial charge in [-0.1, -0.05) is 17.3 Å². The lowest BCUT2D eigenvalue weighted by Gasteiger charge is -2.03. The van der Waals surface area contributed by atoms with E-state index in [1.54, 1.807) is 50.3 Å². The van der Waals surface area contributed by atoms with Gasteiger partial charge in [0.25, 0.3) is 5.91 Å². The van der Waals surface area contributed by atoms with Crippen LogP contribution in [-0.2, 0) is 9.53 Å². The molecule has 0 unspecified atom stereocenters. The van der Waals surface area contributed by atoms with Crippen LogP contribution in [0.25, 0.3) is 6.08 Å². The minimum absolute atomic E-state index is 0.226. The van der Waals surface area contributed by atoms with Crippen molar-refractivity contribution in [3.63, 3.8) is 0 Å². The highest BCUT2D eigenvalue weighted by molar-refractivity contribution is 6.02. The number of hydrogen-bond acceptors (Lipinski definition) is 5. The molecule has 1 heterocycles. The van der Waals surface area contributed by atoms with Crippen molar-refractivity contribution >= 4 is 23.6 Å². The van der Waals surface area contributed by atoms with Gasteiger partial charge < -0.3 is 14.6 Å². The molecule has 0 aliphatic heterocycles. The highest BCUT2D eigenvalue weighted by atomic mass is 16.5. The van der Waals surface area contributed by atoms with Gasteiger partial charge in [-0.25, -0.2) is 4.79 Å². The van der Waals surface area contributed by atoms with Crippen LogP contribution in [0.5, 0.6) is 0 Å². The van der Waals surface area contributed by atoms with Gasteiger partial charge >= 0.3 is 5.97 Å². The largest absolute Gasteiger partial charge is 0.463 e. The van der Waals surface area contributed by atoms with E-state index in [4.69, 9.17) is 9.26 Å². The zero-order valence-corrected chi connectivity index (χ0v) is 12.3. The Kier molecular flexibility index (Phi) is 5.08. The second-order valence-electron chi connectivity index (χ2n) is 4.48. The standard InChI is InChI=1S/C16H16N2O4/c1-3-21-15(19)9-6-12-4-7-13(8-5-12)17-16(20)14-10-11(2)22-18-14/h4-10H,3H2,1-2H3,(H,17,20). The molecule has 2 aromatic rings. The molecule has 0 spiro atoms. The lowest BCUT2D eigenvalue weighted by Crippen LogP contribution is -2.12. The quantitative estimate of drug-likeness (QED) is 0.678. The lowest BCUT2D eigenvalue weighted by atomic mass is 10.2. The van der Waals surface area contributed by atoms with Crippen LogP contribution in [0.15, 0.2) is 40.9 Å². The number of ether oxygens (including phenoxy) is 1. The Bertz CT molecular complexity index is 686. The maximum Gasteiger partial charge on any atom is 0.330 e. The van der Waals surface area contributed by atoms with Crippen molar-refractivity contribution in [2.75, 3.05) is 11.9 Å². The van der Waals surface area contributed by atoms with E-state index < -0.39 is 0 Å². The van der Waals surface area contributed by atoms with Crippen LogP contribution >= 0.6 is 0 Å². The Morgan fingerprint density at radius 3 is 2.64 bits per heavy atom. The summed E-state index contributed by atoms with van der Waals surface area (Å²) in [6.45, 7) is 3.81. The smallest absolute Gasteiger partial charge is 0.330 e. The number of amides is 1. The van der Waals surface area contributed by atoms with Gasteiger partial charge in [-0.2, -0.15) is 0 Å². The summed E-state index contributed by atoms with van der Waals surface area (Å²) in [5.74, 6) is -0.155. The number of nitrogens with one attached hydrogen (secondary N) is 1. The van der Waals surface area contributed by atoms with E-state index in [2.05, 4.69) is 10.5 Å². The summed E-state index contributed by atoms with van der Waals surface area (Å²) in [6.07, 6.45) is 3.00. The van der Waals surface area contributed by atoms with Crippen LogP contribution in [0.2, 0.25) is 0 Å². The van der Waals surface area contributed by atoms with Crippen molar-refractivity contribution in [1.29, 1.82) is 0 Å². The highest BCUT2D eigenvalue weighted by Gasteiger charge is 2.10. The number of rotatable bonds is 5. The van der Waals surface area contributed by atoms with Gasteiger partial charge in [0, 0.05) is 17.8 Å². The number of aromatic nitrogens is 1. The normalized spacial score (nSPS) is 10.6. The van der Waals surface area contributed by atoms with Crippen molar-refractivity contribution in [2.24, 2.45) is 0 Å². The van der Waals surface area contributed by atoms with E-state index in [0.29, 0.717) is 18.1 Å². The van der Waals surface area contributed by atoms with Crippen molar-refractivity contribution < 1.29 is 18.8 Å². The zero-order valence-electron chi connectivity index (χ0n) is 12.3. The summed E-state index contributed by atoms with van der Waals surface area (Å²) in [5.41, 5.74) is 1.67. The van der Waals surface area contributed by atoms with E-state index in [0.717, 1.165) is 5.56 Å². The van der Waals surface area contributed by atoms with Gasteiger partial charge in [-0.15, -0.1) is 0 Å². The third-order valence-corrected chi connectivity index (χ3v) is 2.73. The molecule has 0 aliphatic rings. The second-order valence-corrected chi connectivity index (χ2v) is 4.48. The van der Waals surface area contributed by atoms with E-state index in [-0.39, 0.29) is 17.6 Å². The summed E-state index contributed by atoms with van der Waals surface area (Å²) >= 11 is 0. The van der Waals surface area contributed by atoms with Crippen LogP contribution in [0.3, 0.4) is 0 Å². The third-order valence-electron chi connectivity index (χ3n) is 2.73. The first kappa shape index (κ1) is 15.5. The Balaban J connectivity index is 1.97. The molecule has 6 heteroatoms. The predicted octanol–water partition coefficient (Wildman–Crippen LogP) is 2.81. The van der Waals surface area contributed by atoms with Crippen LogP contribution in [0.4, 0.5) is 5.69 Å².